The highest BCUT2D eigenvalue weighted by molar-refractivity contribution is 5.47. The summed E-state index contributed by atoms with van der Waals surface area (Å²) in [6.45, 7) is 0.687. The largest absolute Gasteiger partial charge is 0.467 e. The van der Waals surface area contributed by atoms with Crippen molar-refractivity contribution in [2.75, 3.05) is 6.61 Å². The molecule has 114 valence electrons. The number of aliphatic hydroxyl groups excluding tert-OH is 1. The second-order valence-electron chi connectivity index (χ2n) is 4.65. The van der Waals surface area contributed by atoms with Crippen LogP contribution < -0.4 is 0 Å². The predicted molar refractivity (Wildman–Crippen MR) is 75.4 cm³/mol. The third kappa shape index (κ3) is 3.54. The third-order valence-corrected chi connectivity index (χ3v) is 2.94. The third-order valence-electron chi connectivity index (χ3n) is 2.94. The van der Waals surface area contributed by atoms with Crippen molar-refractivity contribution in [1.29, 1.82) is 0 Å². The van der Waals surface area contributed by atoms with E-state index >= 15 is 0 Å². The smallest absolute Gasteiger partial charge is 0.200 e. The first-order chi connectivity index (χ1) is 10.8. The number of aromatic nitrogens is 5. The predicted octanol–water partition coefficient (Wildman–Crippen LogP) is 0.906. The molecule has 3 aromatic heterocycles. The van der Waals surface area contributed by atoms with E-state index in [0.717, 1.165) is 0 Å². The molecular formula is C14H15N5O3. The summed E-state index contributed by atoms with van der Waals surface area (Å²) in [5, 5.41) is 21.5. The Morgan fingerprint density at radius 2 is 2.23 bits per heavy atom. The number of hydrogen-bond donors (Lipinski definition) is 1. The van der Waals surface area contributed by atoms with Crippen molar-refractivity contribution >= 4 is 0 Å². The lowest BCUT2D eigenvalue weighted by atomic mass is 10.3. The molecule has 22 heavy (non-hydrogen) atoms. The fraction of sp³-hybridized carbons (Fsp3) is 0.286. The Morgan fingerprint density at radius 3 is 3.00 bits per heavy atom. The van der Waals surface area contributed by atoms with Crippen molar-refractivity contribution in [3.05, 3.63) is 48.6 Å². The van der Waals surface area contributed by atoms with E-state index < -0.39 is 6.10 Å². The van der Waals surface area contributed by atoms with E-state index in [1.165, 1.54) is 4.68 Å². The van der Waals surface area contributed by atoms with Crippen molar-refractivity contribution in [2.24, 2.45) is 0 Å². The molecule has 1 N–H and O–H groups in total. The summed E-state index contributed by atoms with van der Waals surface area (Å²) in [5.74, 6) is 1.22. The number of hydrogen-bond acceptors (Lipinski definition) is 7. The Balaban J connectivity index is 1.56. The molecule has 0 aliphatic rings. The van der Waals surface area contributed by atoms with Crippen LogP contribution in [-0.2, 0) is 17.9 Å². The van der Waals surface area contributed by atoms with Crippen LogP contribution in [0.3, 0.4) is 0 Å². The summed E-state index contributed by atoms with van der Waals surface area (Å²) in [6, 6.07) is 9.07. The highest BCUT2D eigenvalue weighted by atomic mass is 16.5. The monoisotopic (exact) mass is 301 g/mol. The second kappa shape index (κ2) is 6.92. The Labute approximate surface area is 126 Å². The minimum atomic E-state index is -0.735. The maximum Gasteiger partial charge on any atom is 0.200 e. The number of tetrazole rings is 1. The number of ether oxygens (including phenoxy) is 1. The van der Waals surface area contributed by atoms with Crippen LogP contribution in [0.1, 0.15) is 5.76 Å². The summed E-state index contributed by atoms with van der Waals surface area (Å²) >= 11 is 0. The van der Waals surface area contributed by atoms with Crippen LogP contribution in [0.5, 0.6) is 0 Å². The molecule has 3 heterocycles. The normalized spacial score (nSPS) is 12.4. The Hall–Kier alpha value is -2.58. The van der Waals surface area contributed by atoms with Gasteiger partial charge in [0.15, 0.2) is 0 Å². The van der Waals surface area contributed by atoms with Gasteiger partial charge in [-0.3, -0.25) is 4.98 Å². The summed E-state index contributed by atoms with van der Waals surface area (Å²) < 4.78 is 12.0. The summed E-state index contributed by atoms with van der Waals surface area (Å²) in [5.41, 5.74) is 0.649. The van der Waals surface area contributed by atoms with E-state index in [9.17, 15) is 5.11 Å². The van der Waals surface area contributed by atoms with Gasteiger partial charge >= 0.3 is 0 Å². The molecule has 0 aromatic carbocycles. The van der Waals surface area contributed by atoms with Crippen molar-refractivity contribution in [3.63, 3.8) is 0 Å². The van der Waals surface area contributed by atoms with Crippen LogP contribution in [-0.4, -0.2) is 43.0 Å². The lowest BCUT2D eigenvalue weighted by molar-refractivity contribution is 0.0131. The van der Waals surface area contributed by atoms with Crippen molar-refractivity contribution in [2.45, 2.75) is 19.3 Å². The Bertz CT molecular complexity index is 684. The molecule has 8 nitrogen and oxygen atoms in total. The highest BCUT2D eigenvalue weighted by Gasteiger charge is 2.14. The van der Waals surface area contributed by atoms with Crippen molar-refractivity contribution in [3.8, 4) is 11.5 Å². The quantitative estimate of drug-likeness (QED) is 0.692. The zero-order valence-electron chi connectivity index (χ0n) is 11.7. The van der Waals surface area contributed by atoms with Gasteiger partial charge in [-0.25, -0.2) is 4.68 Å². The SMILES string of the molecule is O[C@@H](COCc1ccco1)Cn1nnnc1-c1ccccn1. The highest BCUT2D eigenvalue weighted by Crippen LogP contribution is 2.12. The Morgan fingerprint density at radius 1 is 1.27 bits per heavy atom. The van der Waals surface area contributed by atoms with Gasteiger partial charge < -0.3 is 14.3 Å². The standard InChI is InChI=1S/C14H15N5O3/c20-11(9-21-10-12-4-3-7-22-12)8-19-14(16-17-18-19)13-5-1-2-6-15-13/h1-7,11,20H,8-10H2/t11-/m1/s1. The van der Waals surface area contributed by atoms with Crippen molar-refractivity contribution < 1.29 is 14.3 Å². The molecule has 0 saturated heterocycles. The number of pyridine rings is 1. The minimum absolute atomic E-state index is 0.155. The Kier molecular flexibility index (Phi) is 4.52. The molecule has 3 rings (SSSR count). The van der Waals surface area contributed by atoms with Crippen LogP contribution in [0.2, 0.25) is 0 Å². The van der Waals surface area contributed by atoms with Gasteiger partial charge in [0.2, 0.25) is 5.82 Å². The van der Waals surface area contributed by atoms with E-state index in [-0.39, 0.29) is 13.2 Å². The van der Waals surface area contributed by atoms with Gasteiger partial charge in [-0.2, -0.15) is 0 Å². The maximum absolute atomic E-state index is 10.0. The lowest BCUT2D eigenvalue weighted by Crippen LogP contribution is -2.23. The number of nitrogens with zero attached hydrogens (tertiary/aromatic N) is 5. The molecule has 3 aromatic rings. The van der Waals surface area contributed by atoms with Gasteiger partial charge in [0.25, 0.3) is 0 Å². The summed E-state index contributed by atoms with van der Waals surface area (Å²) in [7, 11) is 0. The number of furan rings is 1. The molecule has 0 radical (unpaired) electrons. The first kappa shape index (κ1) is 14.4. The topological polar surface area (TPSA) is 99.1 Å². The number of aliphatic hydroxyl groups is 1. The van der Waals surface area contributed by atoms with Crippen LogP contribution in [0, 0.1) is 0 Å². The van der Waals surface area contributed by atoms with Gasteiger partial charge in [0.05, 0.1) is 25.5 Å². The molecule has 0 spiro atoms. The lowest BCUT2D eigenvalue weighted by Gasteiger charge is -2.11. The fourth-order valence-electron chi connectivity index (χ4n) is 1.95. The van der Waals surface area contributed by atoms with Crippen molar-refractivity contribution in [1.82, 2.24) is 25.2 Å². The zero-order valence-corrected chi connectivity index (χ0v) is 11.7. The molecule has 0 aliphatic heterocycles. The van der Waals surface area contributed by atoms with E-state index in [1.54, 1.807) is 18.5 Å². The van der Waals surface area contributed by atoms with Gasteiger partial charge in [-0.1, -0.05) is 6.07 Å². The average Bonchev–Trinajstić information content (AvgIpc) is 3.20. The minimum Gasteiger partial charge on any atom is -0.467 e. The first-order valence-electron chi connectivity index (χ1n) is 6.78. The number of rotatable bonds is 7. The van der Waals surface area contributed by atoms with Gasteiger partial charge in [0, 0.05) is 6.20 Å². The molecule has 1 atom stereocenters. The summed E-state index contributed by atoms with van der Waals surface area (Å²) in [6.07, 6.45) is 2.51. The van der Waals surface area contributed by atoms with Crippen LogP contribution in [0.15, 0.2) is 47.2 Å². The molecule has 0 aliphatic carbocycles. The fourth-order valence-corrected chi connectivity index (χ4v) is 1.95. The van der Waals surface area contributed by atoms with E-state index in [4.69, 9.17) is 9.15 Å². The summed E-state index contributed by atoms with van der Waals surface area (Å²) in [4.78, 5) is 4.20. The molecule has 0 fully saturated rings. The van der Waals surface area contributed by atoms with E-state index in [0.29, 0.717) is 23.9 Å². The molecule has 0 amide bonds. The van der Waals surface area contributed by atoms with Crippen LogP contribution >= 0.6 is 0 Å². The van der Waals surface area contributed by atoms with Gasteiger partial charge in [0.1, 0.15) is 18.1 Å². The molecular weight excluding hydrogens is 286 g/mol. The molecule has 8 heteroatoms. The second-order valence-corrected chi connectivity index (χ2v) is 4.65. The van der Waals surface area contributed by atoms with E-state index in [1.807, 2.05) is 24.3 Å². The van der Waals surface area contributed by atoms with Crippen LogP contribution in [0.25, 0.3) is 11.5 Å². The average molecular weight is 301 g/mol. The van der Waals surface area contributed by atoms with Crippen LogP contribution in [0.4, 0.5) is 0 Å². The maximum atomic E-state index is 10.0. The molecule has 0 unspecified atom stereocenters. The molecule has 0 bridgehead atoms. The zero-order chi connectivity index (χ0) is 15.2. The van der Waals surface area contributed by atoms with Gasteiger partial charge in [-0.05, 0) is 34.7 Å². The first-order valence-corrected chi connectivity index (χ1v) is 6.78. The molecule has 0 saturated carbocycles. The van der Waals surface area contributed by atoms with Gasteiger partial charge in [-0.15, -0.1) is 5.10 Å². The van der Waals surface area contributed by atoms with E-state index in [2.05, 4.69) is 20.5 Å².